The molecule has 2 saturated heterocycles. The molecule has 2 aromatic carbocycles. The van der Waals surface area contributed by atoms with Crippen LogP contribution in [-0.2, 0) is 11.8 Å². The first-order valence-electron chi connectivity index (χ1n) is 16.1. The maximum Gasteiger partial charge on any atom is 0.123 e. The second-order valence-electron chi connectivity index (χ2n) is 12.9. The van der Waals surface area contributed by atoms with Gasteiger partial charge in [0.1, 0.15) is 11.6 Å². The normalized spacial score (nSPS) is 23.7. The molecule has 1 saturated carbocycles. The highest BCUT2D eigenvalue weighted by Gasteiger charge is 2.43. The molecule has 0 bridgehead atoms. The summed E-state index contributed by atoms with van der Waals surface area (Å²) in [5.41, 5.74) is 11.1. The minimum absolute atomic E-state index is 0.332. The number of hydrogen-bond acceptors (Lipinski definition) is 4. The number of benzene rings is 2. The summed E-state index contributed by atoms with van der Waals surface area (Å²) >= 11 is 0. The Labute approximate surface area is 243 Å². The summed E-state index contributed by atoms with van der Waals surface area (Å²) < 4.78 is 0. The highest BCUT2D eigenvalue weighted by molar-refractivity contribution is 5.80. The summed E-state index contributed by atoms with van der Waals surface area (Å²) in [6.07, 6.45) is 19.3. The van der Waals surface area contributed by atoms with Crippen molar-refractivity contribution in [2.75, 3.05) is 13.1 Å². The van der Waals surface area contributed by atoms with Crippen molar-refractivity contribution in [2.24, 2.45) is 0 Å². The van der Waals surface area contributed by atoms with Gasteiger partial charge in [-0.3, -0.25) is 0 Å². The Balaban J connectivity index is 1.13. The van der Waals surface area contributed by atoms with E-state index in [1.165, 1.54) is 98.6 Å². The molecule has 2 aliphatic carbocycles. The van der Waals surface area contributed by atoms with Gasteiger partial charge >= 0.3 is 0 Å². The van der Waals surface area contributed by atoms with E-state index in [0.29, 0.717) is 17.5 Å². The quantitative estimate of drug-likeness (QED) is 0.209. The molecule has 0 unspecified atom stereocenters. The van der Waals surface area contributed by atoms with Crippen molar-refractivity contribution in [3.63, 3.8) is 0 Å². The van der Waals surface area contributed by atoms with E-state index in [0.717, 1.165) is 36.9 Å². The topological polar surface area (TPSA) is 81.4 Å². The number of aromatic amines is 2. The summed E-state index contributed by atoms with van der Waals surface area (Å²) in [5.74, 6) is 2.17. The fourth-order valence-corrected chi connectivity index (χ4v) is 8.36. The largest absolute Gasteiger partial charge is 0.341 e. The average Bonchev–Trinajstić information content (AvgIpc) is 3.86. The monoisotopic (exact) mass is 546 g/mol. The van der Waals surface area contributed by atoms with Gasteiger partial charge in [-0.1, -0.05) is 62.1 Å². The number of rotatable bonds is 5. The van der Waals surface area contributed by atoms with Gasteiger partial charge in [0.25, 0.3) is 0 Å². The Morgan fingerprint density at radius 2 is 1.22 bits per heavy atom. The predicted octanol–water partition coefficient (Wildman–Crippen LogP) is 7.52. The Bertz CT molecular complexity index is 1510. The molecular weight excluding hydrogens is 504 g/mol. The van der Waals surface area contributed by atoms with Crippen LogP contribution in [0.25, 0.3) is 33.6 Å². The molecule has 8 rings (SSSR count). The minimum atomic E-state index is 0.332. The number of H-pyrrole nitrogens is 2. The van der Waals surface area contributed by atoms with Gasteiger partial charge in [-0.05, 0) is 97.7 Å². The molecule has 2 aromatic heterocycles. The van der Waals surface area contributed by atoms with Crippen molar-refractivity contribution in [3.8, 4) is 33.6 Å². The molecule has 1 spiro atoms. The summed E-state index contributed by atoms with van der Waals surface area (Å²) in [7, 11) is 0. The highest BCUT2D eigenvalue weighted by atomic mass is 15.0. The van der Waals surface area contributed by atoms with Crippen LogP contribution in [0.3, 0.4) is 0 Å². The number of imidazole rings is 2. The van der Waals surface area contributed by atoms with E-state index in [9.17, 15) is 0 Å². The molecule has 3 fully saturated rings. The zero-order chi connectivity index (χ0) is 27.2. The van der Waals surface area contributed by atoms with Crippen LogP contribution in [0.1, 0.15) is 105 Å². The van der Waals surface area contributed by atoms with E-state index in [-0.39, 0.29) is 0 Å². The first kappa shape index (κ1) is 25.5. The summed E-state index contributed by atoms with van der Waals surface area (Å²) in [4.78, 5) is 16.9. The molecule has 2 atom stereocenters. The zero-order valence-corrected chi connectivity index (χ0v) is 24.1. The van der Waals surface area contributed by atoms with Crippen LogP contribution in [0, 0.1) is 0 Å². The van der Waals surface area contributed by atoms with E-state index >= 15 is 0 Å². The van der Waals surface area contributed by atoms with Crippen LogP contribution in [-0.4, -0.2) is 33.0 Å². The van der Waals surface area contributed by atoms with Gasteiger partial charge < -0.3 is 20.6 Å². The lowest BCUT2D eigenvalue weighted by Crippen LogP contribution is -2.27. The fraction of sp³-hybridized carbons (Fsp3) is 0.486. The molecule has 4 N–H and O–H groups in total. The van der Waals surface area contributed by atoms with Crippen molar-refractivity contribution in [2.45, 2.75) is 94.5 Å². The van der Waals surface area contributed by atoms with E-state index in [1.54, 1.807) is 11.1 Å². The lowest BCUT2D eigenvalue weighted by Gasteiger charge is -2.28. The van der Waals surface area contributed by atoms with Crippen LogP contribution in [0.2, 0.25) is 0 Å². The van der Waals surface area contributed by atoms with Gasteiger partial charge in [0.2, 0.25) is 0 Å². The molecular formula is C35H42N6. The van der Waals surface area contributed by atoms with E-state index in [4.69, 9.17) is 9.97 Å². The van der Waals surface area contributed by atoms with Gasteiger partial charge in [-0.2, -0.15) is 0 Å². The second kappa shape index (κ2) is 10.6. The van der Waals surface area contributed by atoms with Crippen LogP contribution in [0.5, 0.6) is 0 Å². The number of aromatic nitrogens is 4. The number of piperidine rings is 2. The SMILES string of the molecule is c1cc(-c2ccc(-c3cnc([C@@H]4CCCCN4)[nH]3)c3c2C2(CCCC2)CC3)ccc1-c1cnc([C@@H]2CCCCN2)[nH]1. The van der Waals surface area contributed by atoms with Gasteiger partial charge in [-0.25, -0.2) is 9.97 Å². The van der Waals surface area contributed by atoms with Crippen molar-refractivity contribution < 1.29 is 0 Å². The summed E-state index contributed by atoms with van der Waals surface area (Å²) in [6.45, 7) is 2.17. The Kier molecular flexibility index (Phi) is 6.56. The average molecular weight is 547 g/mol. The second-order valence-corrected chi connectivity index (χ2v) is 12.9. The molecule has 4 aliphatic rings. The first-order valence-corrected chi connectivity index (χ1v) is 16.1. The van der Waals surface area contributed by atoms with E-state index in [1.807, 2.05) is 6.20 Å². The molecule has 2 aliphatic heterocycles. The van der Waals surface area contributed by atoms with Crippen molar-refractivity contribution in [1.82, 2.24) is 30.6 Å². The third-order valence-corrected chi connectivity index (χ3v) is 10.5. The van der Waals surface area contributed by atoms with Gasteiger partial charge in [0.05, 0.1) is 35.9 Å². The maximum atomic E-state index is 4.85. The standard InChI is InChI=1S/C35H42N6/c1-5-19-36-28(7-1)33-38-21-30(40-33)24-11-9-23(10-12-24)25-13-14-26(27-15-18-35(32(25)27)16-3-4-17-35)31-22-39-34(41-31)29-8-2-6-20-37-29/h9-14,21-22,28-29,36-37H,1-8,15-20H2,(H,38,40)(H,39,41)/t28-,29-/m0/s1. The Morgan fingerprint density at radius 1 is 0.610 bits per heavy atom. The molecule has 4 aromatic rings. The smallest absolute Gasteiger partial charge is 0.123 e. The lowest BCUT2D eigenvalue weighted by atomic mass is 9.76. The van der Waals surface area contributed by atoms with Gasteiger partial charge in [0, 0.05) is 5.56 Å². The van der Waals surface area contributed by atoms with Crippen LogP contribution >= 0.6 is 0 Å². The van der Waals surface area contributed by atoms with Gasteiger partial charge in [-0.15, -0.1) is 0 Å². The van der Waals surface area contributed by atoms with Crippen molar-refractivity contribution >= 4 is 0 Å². The molecule has 4 heterocycles. The predicted molar refractivity (Wildman–Crippen MR) is 165 cm³/mol. The minimum Gasteiger partial charge on any atom is -0.341 e. The van der Waals surface area contributed by atoms with Crippen molar-refractivity contribution in [1.29, 1.82) is 0 Å². The number of nitrogens with one attached hydrogen (secondary N) is 4. The summed E-state index contributed by atoms with van der Waals surface area (Å²) in [5, 5.41) is 7.26. The number of nitrogens with zero attached hydrogens (tertiary/aromatic N) is 2. The maximum absolute atomic E-state index is 4.85. The molecule has 6 heteroatoms. The van der Waals surface area contributed by atoms with Crippen LogP contribution in [0.15, 0.2) is 48.8 Å². The molecule has 0 amide bonds. The van der Waals surface area contributed by atoms with Crippen LogP contribution < -0.4 is 10.6 Å². The Hall–Kier alpha value is -3.22. The molecule has 212 valence electrons. The molecule has 41 heavy (non-hydrogen) atoms. The number of hydrogen-bond donors (Lipinski definition) is 4. The third kappa shape index (κ3) is 4.56. The fourth-order valence-electron chi connectivity index (χ4n) is 8.36. The summed E-state index contributed by atoms with van der Waals surface area (Å²) in [6, 6.07) is 14.7. The van der Waals surface area contributed by atoms with E-state index < -0.39 is 0 Å². The third-order valence-electron chi connectivity index (χ3n) is 10.5. The Morgan fingerprint density at radius 3 is 1.88 bits per heavy atom. The van der Waals surface area contributed by atoms with Crippen LogP contribution in [0.4, 0.5) is 0 Å². The molecule has 6 nitrogen and oxygen atoms in total. The lowest BCUT2D eigenvalue weighted by molar-refractivity contribution is 0.399. The molecule has 0 radical (unpaired) electrons. The van der Waals surface area contributed by atoms with E-state index in [2.05, 4.69) is 63.2 Å². The van der Waals surface area contributed by atoms with Gasteiger partial charge in [0.15, 0.2) is 0 Å². The number of fused-ring (bicyclic) bond motifs is 2. The zero-order valence-electron chi connectivity index (χ0n) is 24.1. The highest BCUT2D eigenvalue weighted by Crippen LogP contribution is 2.55. The van der Waals surface area contributed by atoms with Crippen molar-refractivity contribution in [3.05, 3.63) is 71.6 Å². The first-order chi connectivity index (χ1) is 20.3.